The molecule has 2 aromatic carbocycles. The van der Waals surface area contributed by atoms with E-state index in [1.54, 1.807) is 45.5 Å². The number of benzene rings is 2. The van der Waals surface area contributed by atoms with E-state index in [0.717, 1.165) is 5.56 Å². The van der Waals surface area contributed by atoms with Gasteiger partial charge in [-0.25, -0.2) is 9.67 Å². The molecule has 1 heterocycles. The largest absolute Gasteiger partial charge is 0.497 e. The fraction of sp³-hybridized carbons (Fsp3) is 0.286. The van der Waals surface area contributed by atoms with Crippen molar-refractivity contribution < 1.29 is 14.3 Å². The van der Waals surface area contributed by atoms with Crippen LogP contribution in [0.15, 0.2) is 36.4 Å². The van der Waals surface area contributed by atoms with E-state index < -0.39 is 0 Å². The lowest BCUT2D eigenvalue weighted by Gasteiger charge is -2.18. The Bertz CT molecular complexity index is 1050. The molecule has 0 fully saturated rings. The summed E-state index contributed by atoms with van der Waals surface area (Å²) in [5.41, 5.74) is 1.34. The van der Waals surface area contributed by atoms with Crippen molar-refractivity contribution in [1.82, 2.24) is 19.7 Å². The SMILES string of the molecule is CCc1nc(C(=O)N(C)Cc2ccc(OC)cc2OC)nn1-c1c(Cl)cccc1Cl. The Morgan fingerprint density at radius 1 is 1.13 bits per heavy atom. The van der Waals surface area contributed by atoms with Gasteiger partial charge >= 0.3 is 0 Å². The molecule has 0 bridgehead atoms. The smallest absolute Gasteiger partial charge is 0.293 e. The molecule has 0 saturated carbocycles. The van der Waals surface area contributed by atoms with Gasteiger partial charge in [-0.1, -0.05) is 36.2 Å². The lowest BCUT2D eigenvalue weighted by Crippen LogP contribution is -2.27. The van der Waals surface area contributed by atoms with Crippen molar-refractivity contribution in [1.29, 1.82) is 0 Å². The minimum Gasteiger partial charge on any atom is -0.497 e. The highest BCUT2D eigenvalue weighted by Gasteiger charge is 2.23. The van der Waals surface area contributed by atoms with E-state index in [1.165, 1.54) is 9.58 Å². The molecule has 0 aliphatic carbocycles. The number of ether oxygens (including phenoxy) is 2. The van der Waals surface area contributed by atoms with E-state index in [-0.39, 0.29) is 11.7 Å². The van der Waals surface area contributed by atoms with Crippen LogP contribution >= 0.6 is 23.2 Å². The molecule has 9 heteroatoms. The molecule has 0 saturated heterocycles. The number of methoxy groups -OCH3 is 2. The topological polar surface area (TPSA) is 69.5 Å². The van der Waals surface area contributed by atoms with Gasteiger partial charge in [0.1, 0.15) is 23.0 Å². The molecule has 0 radical (unpaired) electrons. The molecule has 158 valence electrons. The number of carbonyl (C=O) groups excluding carboxylic acids is 1. The number of nitrogens with zero attached hydrogens (tertiary/aromatic N) is 4. The van der Waals surface area contributed by atoms with Gasteiger partial charge < -0.3 is 14.4 Å². The maximum atomic E-state index is 13.0. The molecule has 3 rings (SSSR count). The van der Waals surface area contributed by atoms with Crippen molar-refractivity contribution in [3.8, 4) is 17.2 Å². The summed E-state index contributed by atoms with van der Waals surface area (Å²) in [7, 11) is 4.84. The number of aryl methyl sites for hydroxylation is 1. The Morgan fingerprint density at radius 3 is 2.43 bits per heavy atom. The summed E-state index contributed by atoms with van der Waals surface area (Å²) in [6.45, 7) is 2.24. The summed E-state index contributed by atoms with van der Waals surface area (Å²) < 4.78 is 12.2. The first-order chi connectivity index (χ1) is 14.4. The zero-order chi connectivity index (χ0) is 21.8. The van der Waals surface area contributed by atoms with Crippen LogP contribution in [-0.4, -0.2) is 46.8 Å². The van der Waals surface area contributed by atoms with Gasteiger partial charge in [-0.3, -0.25) is 4.79 Å². The fourth-order valence-corrected chi connectivity index (χ4v) is 3.57. The lowest BCUT2D eigenvalue weighted by molar-refractivity contribution is 0.0772. The summed E-state index contributed by atoms with van der Waals surface area (Å²) >= 11 is 12.6. The fourth-order valence-electron chi connectivity index (χ4n) is 3.01. The summed E-state index contributed by atoms with van der Waals surface area (Å²) in [6.07, 6.45) is 0.553. The Balaban J connectivity index is 1.90. The zero-order valence-electron chi connectivity index (χ0n) is 17.1. The van der Waals surface area contributed by atoms with E-state index in [4.69, 9.17) is 32.7 Å². The first-order valence-electron chi connectivity index (χ1n) is 9.26. The van der Waals surface area contributed by atoms with Crippen LogP contribution in [0.4, 0.5) is 0 Å². The van der Waals surface area contributed by atoms with Gasteiger partial charge in [0.05, 0.1) is 24.3 Å². The Hall–Kier alpha value is -2.77. The quantitative estimate of drug-likeness (QED) is 0.534. The minimum atomic E-state index is -0.329. The minimum absolute atomic E-state index is 0.0674. The highest BCUT2D eigenvalue weighted by molar-refractivity contribution is 6.37. The second-order valence-electron chi connectivity index (χ2n) is 6.53. The summed E-state index contributed by atoms with van der Waals surface area (Å²) in [4.78, 5) is 18.9. The summed E-state index contributed by atoms with van der Waals surface area (Å²) in [5, 5.41) is 5.26. The number of halogens is 2. The van der Waals surface area contributed by atoms with Crippen LogP contribution in [0, 0.1) is 0 Å². The number of amides is 1. The van der Waals surface area contributed by atoms with Crippen LogP contribution in [-0.2, 0) is 13.0 Å². The van der Waals surface area contributed by atoms with E-state index in [1.807, 2.05) is 19.1 Å². The van der Waals surface area contributed by atoms with Crippen LogP contribution in [0.5, 0.6) is 11.5 Å². The van der Waals surface area contributed by atoms with Gasteiger partial charge in [-0.15, -0.1) is 5.10 Å². The third kappa shape index (κ3) is 4.37. The molecule has 7 nitrogen and oxygen atoms in total. The molecular weight excluding hydrogens is 427 g/mol. The monoisotopic (exact) mass is 448 g/mol. The first kappa shape index (κ1) is 21.9. The van der Waals surface area contributed by atoms with Crippen molar-refractivity contribution in [3.63, 3.8) is 0 Å². The molecule has 0 N–H and O–H groups in total. The molecule has 0 atom stereocenters. The van der Waals surface area contributed by atoms with Gasteiger partial charge in [0.2, 0.25) is 5.82 Å². The maximum Gasteiger partial charge on any atom is 0.293 e. The molecule has 1 aromatic heterocycles. The molecule has 0 aliphatic rings. The lowest BCUT2D eigenvalue weighted by atomic mass is 10.1. The van der Waals surface area contributed by atoms with Crippen LogP contribution in [0.1, 0.15) is 28.9 Å². The van der Waals surface area contributed by atoms with Gasteiger partial charge in [-0.2, -0.15) is 0 Å². The van der Waals surface area contributed by atoms with Crippen LogP contribution in [0.3, 0.4) is 0 Å². The molecule has 0 aliphatic heterocycles. The van der Waals surface area contributed by atoms with Gasteiger partial charge in [0.25, 0.3) is 5.91 Å². The molecular formula is C21H22Cl2N4O3. The number of rotatable bonds is 7. The standard InChI is InChI=1S/C21H22Cl2N4O3/c1-5-18-24-20(25-27(18)19-15(22)7-6-8-16(19)23)21(28)26(2)12-13-9-10-14(29-3)11-17(13)30-4/h6-11H,5,12H2,1-4H3. The van der Waals surface area contributed by atoms with Crippen molar-refractivity contribution in [2.24, 2.45) is 0 Å². The third-order valence-corrected chi connectivity index (χ3v) is 5.19. The molecule has 3 aromatic rings. The number of hydrogen-bond acceptors (Lipinski definition) is 5. The van der Waals surface area contributed by atoms with Gasteiger partial charge in [-0.05, 0) is 24.3 Å². The zero-order valence-corrected chi connectivity index (χ0v) is 18.7. The number of hydrogen-bond donors (Lipinski definition) is 0. The van der Waals surface area contributed by atoms with Crippen LogP contribution < -0.4 is 9.47 Å². The van der Waals surface area contributed by atoms with Gasteiger partial charge in [0, 0.05) is 31.6 Å². The number of carbonyl (C=O) groups is 1. The van der Waals surface area contributed by atoms with Crippen molar-refractivity contribution in [3.05, 3.63) is 63.7 Å². The van der Waals surface area contributed by atoms with E-state index in [9.17, 15) is 4.79 Å². The average Bonchev–Trinajstić information content (AvgIpc) is 3.17. The highest BCUT2D eigenvalue weighted by atomic mass is 35.5. The Labute approximate surface area is 185 Å². The summed E-state index contributed by atoms with van der Waals surface area (Å²) in [5.74, 6) is 1.63. The summed E-state index contributed by atoms with van der Waals surface area (Å²) in [6, 6.07) is 10.6. The van der Waals surface area contributed by atoms with Crippen LogP contribution in [0.2, 0.25) is 10.0 Å². The van der Waals surface area contributed by atoms with Crippen molar-refractivity contribution >= 4 is 29.1 Å². The third-order valence-electron chi connectivity index (χ3n) is 4.58. The predicted octanol–water partition coefficient (Wildman–Crippen LogP) is 4.43. The Morgan fingerprint density at radius 2 is 1.83 bits per heavy atom. The van der Waals surface area contributed by atoms with E-state index in [0.29, 0.717) is 46.0 Å². The van der Waals surface area contributed by atoms with Crippen LogP contribution in [0.25, 0.3) is 5.69 Å². The predicted molar refractivity (Wildman–Crippen MR) is 116 cm³/mol. The maximum absolute atomic E-state index is 13.0. The molecule has 0 spiro atoms. The van der Waals surface area contributed by atoms with Crippen molar-refractivity contribution in [2.75, 3.05) is 21.3 Å². The highest BCUT2D eigenvalue weighted by Crippen LogP contribution is 2.29. The second-order valence-corrected chi connectivity index (χ2v) is 7.34. The average molecular weight is 449 g/mol. The molecule has 1 amide bonds. The number of aromatic nitrogens is 3. The second kappa shape index (κ2) is 9.36. The molecule has 0 unspecified atom stereocenters. The van der Waals surface area contributed by atoms with Gasteiger partial charge in [0.15, 0.2) is 0 Å². The van der Waals surface area contributed by atoms with E-state index >= 15 is 0 Å². The van der Waals surface area contributed by atoms with E-state index in [2.05, 4.69) is 10.1 Å². The number of para-hydroxylation sites is 1. The first-order valence-corrected chi connectivity index (χ1v) is 10.0. The Kier molecular flexibility index (Phi) is 6.84. The normalized spacial score (nSPS) is 10.7. The van der Waals surface area contributed by atoms with Crippen molar-refractivity contribution in [2.45, 2.75) is 19.9 Å². The molecule has 30 heavy (non-hydrogen) atoms.